The summed E-state index contributed by atoms with van der Waals surface area (Å²) < 4.78 is 18.2. The molecule has 0 spiro atoms. The molecule has 0 amide bonds. The third-order valence-corrected chi connectivity index (χ3v) is 11.6. The molecule has 0 radical (unpaired) electrons. The van der Waals surface area contributed by atoms with Gasteiger partial charge in [-0.2, -0.15) is 0 Å². The minimum Gasteiger partial charge on any atom is -0.544 e. The summed E-state index contributed by atoms with van der Waals surface area (Å²) in [6.45, 7) is 14.1. The summed E-state index contributed by atoms with van der Waals surface area (Å²) in [5, 5.41) is 0.171. The molecule has 33 heavy (non-hydrogen) atoms. The summed E-state index contributed by atoms with van der Waals surface area (Å²) in [5.74, 6) is 3.26. The van der Waals surface area contributed by atoms with Gasteiger partial charge in [0.1, 0.15) is 17.2 Å². The number of benzene rings is 3. The average molecular weight is 461 g/mol. The third kappa shape index (κ3) is 4.81. The first-order valence-corrected chi connectivity index (χ1v) is 14.7. The number of rotatable bonds is 5. The fourth-order valence-electron chi connectivity index (χ4n) is 4.26. The van der Waals surface area contributed by atoms with E-state index in [1.54, 1.807) is 7.11 Å². The summed E-state index contributed by atoms with van der Waals surface area (Å²) in [6.07, 6.45) is 0. The average Bonchev–Trinajstić information content (AvgIpc) is 2.78. The maximum atomic E-state index is 6.51. The Morgan fingerprint density at radius 3 is 2.06 bits per heavy atom. The predicted octanol–water partition coefficient (Wildman–Crippen LogP) is 7.70. The SMILES string of the molecule is COc1ccc([C@H]2c3ccc(C)cc3OC[C@H]2c2ccc(O[Si](C)(C)C(C)(C)C)cc2)cc1. The number of fused-ring (bicyclic) bond motifs is 1. The highest BCUT2D eigenvalue weighted by molar-refractivity contribution is 6.74. The van der Waals surface area contributed by atoms with Gasteiger partial charge in [-0.05, 0) is 72.1 Å². The topological polar surface area (TPSA) is 27.7 Å². The first-order chi connectivity index (χ1) is 15.6. The van der Waals surface area contributed by atoms with Gasteiger partial charge in [0.05, 0.1) is 13.7 Å². The van der Waals surface area contributed by atoms with E-state index in [9.17, 15) is 0 Å². The highest BCUT2D eigenvalue weighted by atomic mass is 28.4. The Kier molecular flexibility index (Phi) is 6.32. The summed E-state index contributed by atoms with van der Waals surface area (Å²) in [5.41, 5.74) is 5.00. The van der Waals surface area contributed by atoms with Crippen LogP contribution in [0.25, 0.3) is 0 Å². The van der Waals surface area contributed by atoms with Gasteiger partial charge < -0.3 is 13.9 Å². The Morgan fingerprint density at radius 2 is 1.45 bits per heavy atom. The van der Waals surface area contributed by atoms with Crippen molar-refractivity contribution >= 4 is 8.32 Å². The molecular weight excluding hydrogens is 424 g/mol. The third-order valence-electron chi connectivity index (χ3n) is 7.29. The lowest BCUT2D eigenvalue weighted by Gasteiger charge is -2.37. The van der Waals surface area contributed by atoms with Gasteiger partial charge in [0.2, 0.25) is 8.32 Å². The van der Waals surface area contributed by atoms with Gasteiger partial charge in [-0.25, -0.2) is 0 Å². The maximum absolute atomic E-state index is 6.51. The van der Waals surface area contributed by atoms with Crippen molar-refractivity contribution in [2.75, 3.05) is 13.7 Å². The molecule has 0 aliphatic carbocycles. The molecule has 3 aromatic rings. The molecule has 0 unspecified atom stereocenters. The number of hydrogen-bond donors (Lipinski definition) is 0. The smallest absolute Gasteiger partial charge is 0.250 e. The molecule has 3 nitrogen and oxygen atoms in total. The Bertz CT molecular complexity index is 1100. The van der Waals surface area contributed by atoms with E-state index in [0.717, 1.165) is 17.2 Å². The van der Waals surface area contributed by atoms with Crippen molar-refractivity contribution < 1.29 is 13.9 Å². The van der Waals surface area contributed by atoms with Crippen molar-refractivity contribution in [3.8, 4) is 17.2 Å². The number of methoxy groups -OCH3 is 1. The van der Waals surface area contributed by atoms with Crippen molar-refractivity contribution in [3.05, 3.63) is 89.0 Å². The first-order valence-electron chi connectivity index (χ1n) is 11.8. The first kappa shape index (κ1) is 23.4. The van der Waals surface area contributed by atoms with Crippen LogP contribution in [0, 0.1) is 6.92 Å². The lowest BCUT2D eigenvalue weighted by atomic mass is 9.75. The molecule has 4 rings (SSSR count). The second-order valence-corrected chi connectivity index (χ2v) is 15.4. The van der Waals surface area contributed by atoms with Crippen LogP contribution in [0.1, 0.15) is 54.9 Å². The predicted molar refractivity (Wildman–Crippen MR) is 139 cm³/mol. The molecule has 0 bridgehead atoms. The fraction of sp³-hybridized carbons (Fsp3) is 0.379. The fourth-order valence-corrected chi connectivity index (χ4v) is 5.29. The molecular formula is C29H36O3Si. The zero-order valence-electron chi connectivity index (χ0n) is 20.9. The van der Waals surface area contributed by atoms with Crippen molar-refractivity contribution in [2.45, 2.75) is 57.7 Å². The van der Waals surface area contributed by atoms with E-state index >= 15 is 0 Å². The normalized spacial score (nSPS) is 18.3. The lowest BCUT2D eigenvalue weighted by molar-refractivity contribution is 0.249. The van der Waals surface area contributed by atoms with E-state index in [1.807, 2.05) is 12.1 Å². The second kappa shape index (κ2) is 8.90. The summed E-state index contributed by atoms with van der Waals surface area (Å²) in [6, 6.07) is 23.7. The minimum atomic E-state index is -1.87. The van der Waals surface area contributed by atoms with Crippen LogP contribution < -0.4 is 13.9 Å². The molecule has 0 aromatic heterocycles. The molecule has 2 atom stereocenters. The van der Waals surface area contributed by atoms with E-state index in [2.05, 4.69) is 95.4 Å². The minimum absolute atomic E-state index is 0.171. The van der Waals surface area contributed by atoms with E-state index in [-0.39, 0.29) is 16.9 Å². The van der Waals surface area contributed by atoms with Gasteiger partial charge in [0, 0.05) is 17.4 Å². The van der Waals surface area contributed by atoms with Gasteiger partial charge in [0.25, 0.3) is 0 Å². The van der Waals surface area contributed by atoms with E-state index in [1.165, 1.54) is 22.3 Å². The highest BCUT2D eigenvalue weighted by Gasteiger charge is 2.39. The van der Waals surface area contributed by atoms with Gasteiger partial charge in [-0.15, -0.1) is 0 Å². The summed E-state index contributed by atoms with van der Waals surface area (Å²) in [4.78, 5) is 0. The number of aryl methyl sites for hydroxylation is 1. The molecule has 1 aliphatic rings. The van der Waals surface area contributed by atoms with Gasteiger partial charge in [-0.3, -0.25) is 0 Å². The zero-order valence-corrected chi connectivity index (χ0v) is 21.9. The molecule has 4 heteroatoms. The summed E-state index contributed by atoms with van der Waals surface area (Å²) >= 11 is 0. The molecule has 3 aromatic carbocycles. The summed E-state index contributed by atoms with van der Waals surface area (Å²) in [7, 11) is -0.161. The largest absolute Gasteiger partial charge is 0.544 e. The van der Waals surface area contributed by atoms with Crippen LogP contribution >= 0.6 is 0 Å². The van der Waals surface area contributed by atoms with Crippen LogP contribution in [0.2, 0.25) is 18.1 Å². The molecule has 0 saturated carbocycles. The number of ether oxygens (including phenoxy) is 2. The molecule has 0 saturated heterocycles. The van der Waals surface area contributed by atoms with Crippen LogP contribution in [-0.4, -0.2) is 22.0 Å². The van der Waals surface area contributed by atoms with Crippen LogP contribution in [0.4, 0.5) is 0 Å². The highest BCUT2D eigenvalue weighted by Crippen LogP contribution is 2.47. The van der Waals surface area contributed by atoms with Gasteiger partial charge in [-0.1, -0.05) is 57.2 Å². The van der Waals surface area contributed by atoms with Crippen LogP contribution in [0.3, 0.4) is 0 Å². The Labute approximate surface area is 199 Å². The van der Waals surface area contributed by atoms with Crippen LogP contribution in [-0.2, 0) is 0 Å². The second-order valence-electron chi connectivity index (χ2n) is 10.6. The Balaban J connectivity index is 1.68. The van der Waals surface area contributed by atoms with Crippen LogP contribution in [0.5, 0.6) is 17.2 Å². The van der Waals surface area contributed by atoms with Crippen molar-refractivity contribution in [1.82, 2.24) is 0 Å². The Hall–Kier alpha value is -2.72. The van der Waals surface area contributed by atoms with Crippen molar-refractivity contribution in [3.63, 3.8) is 0 Å². The van der Waals surface area contributed by atoms with E-state index in [4.69, 9.17) is 13.9 Å². The molecule has 0 fully saturated rings. The standard InChI is InChI=1S/C29H36O3Si/c1-20-8-17-25-27(18-20)31-19-26(28(25)22-11-13-23(30-5)14-12-22)21-9-15-24(16-10-21)32-33(6,7)29(2,3)4/h8-18,26,28H,19H2,1-7H3/t26-,28-/m0/s1. The molecule has 174 valence electrons. The lowest BCUT2D eigenvalue weighted by Crippen LogP contribution is -2.43. The van der Waals surface area contributed by atoms with Gasteiger partial charge >= 0.3 is 0 Å². The van der Waals surface area contributed by atoms with Crippen molar-refractivity contribution in [2.24, 2.45) is 0 Å². The van der Waals surface area contributed by atoms with Gasteiger partial charge in [0.15, 0.2) is 0 Å². The molecule has 1 aliphatic heterocycles. The quantitative estimate of drug-likeness (QED) is 0.365. The van der Waals surface area contributed by atoms with E-state index < -0.39 is 8.32 Å². The zero-order chi connectivity index (χ0) is 23.8. The Morgan fingerprint density at radius 1 is 0.848 bits per heavy atom. The van der Waals surface area contributed by atoms with E-state index in [0.29, 0.717) is 6.61 Å². The van der Waals surface area contributed by atoms with Crippen molar-refractivity contribution in [1.29, 1.82) is 0 Å². The molecule has 1 heterocycles. The maximum Gasteiger partial charge on any atom is 0.250 e. The monoisotopic (exact) mass is 460 g/mol. The van der Waals surface area contributed by atoms with Crippen LogP contribution in [0.15, 0.2) is 66.7 Å². The molecule has 0 N–H and O–H groups in total. The number of hydrogen-bond acceptors (Lipinski definition) is 3.